The summed E-state index contributed by atoms with van der Waals surface area (Å²) in [6.07, 6.45) is 2.67. The quantitative estimate of drug-likeness (QED) is 0.706. The van der Waals surface area contributed by atoms with Crippen molar-refractivity contribution in [3.8, 4) is 0 Å². The summed E-state index contributed by atoms with van der Waals surface area (Å²) in [6.45, 7) is 4.53. The normalized spacial score (nSPS) is 15.5. The molecule has 2 aromatic heterocycles. The highest BCUT2D eigenvalue weighted by molar-refractivity contribution is 5.95. The van der Waals surface area contributed by atoms with Gasteiger partial charge in [0.25, 0.3) is 5.56 Å². The number of aromatic nitrogens is 4. The fourth-order valence-electron chi connectivity index (χ4n) is 3.62. The molecule has 1 fully saturated rings. The molecule has 0 radical (unpaired) electrons. The van der Waals surface area contributed by atoms with Crippen LogP contribution in [0.5, 0.6) is 0 Å². The Bertz CT molecular complexity index is 1140. The summed E-state index contributed by atoms with van der Waals surface area (Å²) in [5.74, 6) is 0.765. The molecule has 0 aliphatic carbocycles. The van der Waals surface area contributed by atoms with E-state index in [-0.39, 0.29) is 23.2 Å². The number of hydrogen-bond acceptors (Lipinski definition) is 4. The van der Waals surface area contributed by atoms with Gasteiger partial charge in [0.2, 0.25) is 5.91 Å². The van der Waals surface area contributed by atoms with Gasteiger partial charge < -0.3 is 9.88 Å². The van der Waals surface area contributed by atoms with Crippen LogP contribution in [-0.2, 0) is 11.2 Å². The van der Waals surface area contributed by atoms with Crippen molar-refractivity contribution in [1.82, 2.24) is 19.5 Å². The fraction of sp³-hybridized carbons (Fsp3) is 0.400. The van der Waals surface area contributed by atoms with E-state index >= 15 is 0 Å². The summed E-state index contributed by atoms with van der Waals surface area (Å²) in [6, 6.07) is 7.58. The summed E-state index contributed by atoms with van der Waals surface area (Å²) in [7, 11) is 0. The van der Waals surface area contributed by atoms with Gasteiger partial charge in [0.1, 0.15) is 11.3 Å². The second kappa shape index (κ2) is 7.10. The molecule has 2 N–H and O–H groups in total. The Morgan fingerprint density at radius 2 is 1.89 bits per heavy atom. The number of imidazole rings is 1. The second-order valence-corrected chi connectivity index (χ2v) is 7.26. The molecule has 28 heavy (non-hydrogen) atoms. The van der Waals surface area contributed by atoms with Gasteiger partial charge in [-0.15, -0.1) is 0 Å². The topological polar surface area (TPSA) is 104 Å². The van der Waals surface area contributed by atoms with Gasteiger partial charge in [-0.05, 0) is 37.5 Å². The van der Waals surface area contributed by atoms with Crippen molar-refractivity contribution in [1.29, 1.82) is 0 Å². The first-order valence-corrected chi connectivity index (χ1v) is 9.60. The highest BCUT2D eigenvalue weighted by Crippen LogP contribution is 2.22. The minimum atomic E-state index is -0.440. The van der Waals surface area contributed by atoms with E-state index in [2.05, 4.69) is 15.0 Å². The molecule has 1 unspecified atom stereocenters. The Balaban J connectivity index is 1.62. The lowest BCUT2D eigenvalue weighted by Crippen LogP contribution is -2.37. The van der Waals surface area contributed by atoms with Crippen LogP contribution in [0.2, 0.25) is 0 Å². The molecular weight excluding hydrogens is 358 g/mol. The first kappa shape index (κ1) is 18.2. The molecule has 3 heterocycles. The van der Waals surface area contributed by atoms with E-state index in [1.807, 2.05) is 38.1 Å². The zero-order valence-corrected chi connectivity index (χ0v) is 16.0. The van der Waals surface area contributed by atoms with Gasteiger partial charge in [-0.2, -0.15) is 0 Å². The maximum absolute atomic E-state index is 12.7. The van der Waals surface area contributed by atoms with Gasteiger partial charge in [0, 0.05) is 31.1 Å². The highest BCUT2D eigenvalue weighted by atomic mass is 16.2. The smallest absolute Gasteiger partial charge is 0.330 e. The van der Waals surface area contributed by atoms with Crippen LogP contribution in [0.15, 0.2) is 33.9 Å². The zero-order valence-electron chi connectivity index (χ0n) is 16.0. The van der Waals surface area contributed by atoms with Gasteiger partial charge in [0.15, 0.2) is 5.65 Å². The molecule has 1 saturated heterocycles. The van der Waals surface area contributed by atoms with Crippen LogP contribution >= 0.6 is 0 Å². The molecule has 1 aliphatic rings. The maximum Gasteiger partial charge on any atom is 0.330 e. The number of benzene rings is 1. The maximum atomic E-state index is 12.7. The van der Waals surface area contributed by atoms with Crippen molar-refractivity contribution in [3.63, 3.8) is 0 Å². The molecule has 146 valence electrons. The van der Waals surface area contributed by atoms with Crippen LogP contribution in [0, 0.1) is 0 Å². The molecule has 1 aliphatic heterocycles. The molecule has 0 spiro atoms. The van der Waals surface area contributed by atoms with Crippen molar-refractivity contribution in [2.45, 2.75) is 45.6 Å². The summed E-state index contributed by atoms with van der Waals surface area (Å²) >= 11 is 0. The Labute approximate surface area is 161 Å². The number of fused-ring (bicyclic) bond motifs is 1. The fourth-order valence-corrected chi connectivity index (χ4v) is 3.62. The first-order chi connectivity index (χ1) is 13.5. The molecule has 1 aromatic carbocycles. The summed E-state index contributed by atoms with van der Waals surface area (Å²) in [4.78, 5) is 48.7. The van der Waals surface area contributed by atoms with Gasteiger partial charge in [-0.3, -0.25) is 19.1 Å². The molecule has 4 rings (SSSR count). The number of nitrogens with zero attached hydrogens (tertiary/aromatic N) is 3. The number of H-pyrrole nitrogens is 2. The largest absolute Gasteiger partial charge is 0.336 e. The van der Waals surface area contributed by atoms with Crippen LogP contribution in [0.1, 0.15) is 50.5 Å². The zero-order chi connectivity index (χ0) is 19.8. The SMILES string of the molecule is CCC(C)n1c(=O)[nH]c2nc(Cc3ccc(N4CCCC4=O)cc3)[nH]c2c1=O. The molecule has 3 aromatic rings. The molecule has 1 atom stereocenters. The molecule has 0 saturated carbocycles. The monoisotopic (exact) mass is 381 g/mol. The van der Waals surface area contributed by atoms with Gasteiger partial charge in [-0.1, -0.05) is 19.1 Å². The van der Waals surface area contributed by atoms with E-state index in [0.717, 1.165) is 24.2 Å². The van der Waals surface area contributed by atoms with Crippen molar-refractivity contribution in [2.75, 3.05) is 11.4 Å². The average molecular weight is 381 g/mol. The predicted molar refractivity (Wildman–Crippen MR) is 107 cm³/mol. The van der Waals surface area contributed by atoms with E-state index in [4.69, 9.17) is 0 Å². The third-order valence-corrected chi connectivity index (χ3v) is 5.35. The Morgan fingerprint density at radius 1 is 1.14 bits per heavy atom. The minimum absolute atomic E-state index is 0.159. The summed E-state index contributed by atoms with van der Waals surface area (Å²) in [5, 5.41) is 0. The summed E-state index contributed by atoms with van der Waals surface area (Å²) in [5.41, 5.74) is 1.70. The van der Waals surface area contributed by atoms with Crippen LogP contribution < -0.4 is 16.1 Å². The third kappa shape index (κ3) is 3.15. The number of rotatable bonds is 5. The average Bonchev–Trinajstić information content (AvgIpc) is 3.28. The third-order valence-electron chi connectivity index (χ3n) is 5.35. The van der Waals surface area contributed by atoms with Crippen LogP contribution in [0.25, 0.3) is 11.2 Å². The van der Waals surface area contributed by atoms with Crippen LogP contribution in [0.3, 0.4) is 0 Å². The molecule has 8 heteroatoms. The van der Waals surface area contributed by atoms with Gasteiger partial charge in [-0.25, -0.2) is 9.78 Å². The van der Waals surface area contributed by atoms with E-state index in [1.165, 1.54) is 4.57 Å². The molecule has 0 bridgehead atoms. The van der Waals surface area contributed by atoms with Crippen molar-refractivity contribution >= 4 is 22.8 Å². The lowest BCUT2D eigenvalue weighted by molar-refractivity contribution is -0.117. The number of anilines is 1. The molecule has 1 amide bonds. The summed E-state index contributed by atoms with van der Waals surface area (Å²) < 4.78 is 1.23. The van der Waals surface area contributed by atoms with Crippen LogP contribution in [0.4, 0.5) is 5.69 Å². The number of hydrogen-bond donors (Lipinski definition) is 2. The first-order valence-electron chi connectivity index (χ1n) is 9.60. The number of amides is 1. The van der Waals surface area contributed by atoms with Gasteiger partial charge >= 0.3 is 5.69 Å². The Kier molecular flexibility index (Phi) is 4.62. The van der Waals surface area contributed by atoms with Crippen molar-refractivity contribution < 1.29 is 4.79 Å². The van der Waals surface area contributed by atoms with Gasteiger partial charge in [0.05, 0.1) is 0 Å². The van der Waals surface area contributed by atoms with Crippen LogP contribution in [-0.4, -0.2) is 32.0 Å². The van der Waals surface area contributed by atoms with E-state index in [1.54, 1.807) is 4.90 Å². The molecular formula is C20H23N5O3. The van der Waals surface area contributed by atoms with E-state index in [9.17, 15) is 14.4 Å². The second-order valence-electron chi connectivity index (χ2n) is 7.26. The predicted octanol–water partition coefficient (Wildman–Crippen LogP) is 2.10. The van der Waals surface area contributed by atoms with Crippen molar-refractivity contribution in [2.24, 2.45) is 0 Å². The number of aromatic amines is 2. The van der Waals surface area contributed by atoms with Crippen molar-refractivity contribution in [3.05, 3.63) is 56.5 Å². The standard InChI is InChI=1S/C20H23N5O3/c1-3-12(2)25-19(27)17-18(23-20(25)28)22-15(21-17)11-13-6-8-14(9-7-13)24-10-4-5-16(24)26/h6-9,12H,3-5,10-11H2,1-2H3,(H,21,22)(H,23,28). The molecule has 8 nitrogen and oxygen atoms in total. The Hall–Kier alpha value is -3.16. The number of nitrogens with one attached hydrogen (secondary N) is 2. The number of carbonyl (C=O) groups is 1. The minimum Gasteiger partial charge on any atom is -0.336 e. The Morgan fingerprint density at radius 3 is 2.54 bits per heavy atom. The lowest BCUT2D eigenvalue weighted by atomic mass is 10.1. The lowest BCUT2D eigenvalue weighted by Gasteiger charge is -2.15. The number of carbonyl (C=O) groups excluding carboxylic acids is 1. The highest BCUT2D eigenvalue weighted by Gasteiger charge is 2.21. The van der Waals surface area contributed by atoms with E-state index < -0.39 is 5.69 Å². The van der Waals surface area contributed by atoms with E-state index in [0.29, 0.717) is 30.6 Å².